The van der Waals surface area contributed by atoms with Gasteiger partial charge in [-0.15, -0.1) is 0 Å². The molecule has 7 heteroatoms. The van der Waals surface area contributed by atoms with Crippen molar-refractivity contribution >= 4 is 11.9 Å². The first kappa shape index (κ1) is 22.6. The molecule has 2 N–H and O–H groups in total. The highest BCUT2D eigenvalue weighted by atomic mass is 16.5. The first-order chi connectivity index (χ1) is 15.2. The van der Waals surface area contributed by atoms with Crippen LogP contribution in [-0.4, -0.2) is 48.4 Å². The molecule has 1 saturated heterocycles. The second-order valence-corrected chi connectivity index (χ2v) is 7.72. The lowest BCUT2D eigenvalue weighted by Gasteiger charge is -2.34. The number of guanidine groups is 1. The Labute approximate surface area is 184 Å². The van der Waals surface area contributed by atoms with E-state index in [4.69, 9.17) is 9.73 Å². The Balaban J connectivity index is 1.61. The molecule has 1 aliphatic heterocycles. The minimum atomic E-state index is 0.124. The van der Waals surface area contributed by atoms with E-state index in [9.17, 15) is 4.79 Å². The highest BCUT2D eigenvalue weighted by Gasteiger charge is 2.23. The van der Waals surface area contributed by atoms with Gasteiger partial charge in [-0.05, 0) is 37.3 Å². The minimum absolute atomic E-state index is 0.124. The summed E-state index contributed by atoms with van der Waals surface area (Å²) < 4.78 is 5.97. The third kappa shape index (κ3) is 6.98. The van der Waals surface area contributed by atoms with Crippen molar-refractivity contribution in [3.8, 4) is 5.88 Å². The van der Waals surface area contributed by atoms with Crippen LogP contribution in [0.2, 0.25) is 0 Å². The van der Waals surface area contributed by atoms with Crippen LogP contribution in [0.15, 0.2) is 53.7 Å². The van der Waals surface area contributed by atoms with Gasteiger partial charge in [0.1, 0.15) is 6.61 Å². The second-order valence-electron chi connectivity index (χ2n) is 7.72. The van der Waals surface area contributed by atoms with Crippen LogP contribution in [0.3, 0.4) is 0 Å². The quantitative estimate of drug-likeness (QED) is 0.504. The van der Waals surface area contributed by atoms with Crippen molar-refractivity contribution in [2.24, 2.45) is 10.9 Å². The Bertz CT molecular complexity index is 848. The number of nitrogens with zero attached hydrogens (tertiary/aromatic N) is 3. The summed E-state index contributed by atoms with van der Waals surface area (Å²) in [6.45, 7) is 5.66. The van der Waals surface area contributed by atoms with Crippen LogP contribution >= 0.6 is 0 Å². The van der Waals surface area contributed by atoms with Crippen molar-refractivity contribution in [1.82, 2.24) is 20.5 Å². The molecule has 0 aliphatic carbocycles. The van der Waals surface area contributed by atoms with Gasteiger partial charge in [-0.1, -0.05) is 36.4 Å². The fraction of sp³-hybridized carbons (Fsp3) is 0.458. The molecule has 0 bridgehead atoms. The smallest absolute Gasteiger partial charge is 0.220 e. The van der Waals surface area contributed by atoms with Crippen molar-refractivity contribution in [1.29, 1.82) is 0 Å². The SMILES string of the molecule is CCNC(=NCc1cccnc1OCc1ccccc1)N1CCC(CC(=O)NC)CC1. The molecule has 7 nitrogen and oxygen atoms in total. The predicted molar refractivity (Wildman–Crippen MR) is 123 cm³/mol. The molecule has 0 atom stereocenters. The molecule has 3 rings (SSSR count). The summed E-state index contributed by atoms with van der Waals surface area (Å²) in [6.07, 6.45) is 4.35. The number of piperidine rings is 1. The van der Waals surface area contributed by atoms with Crippen LogP contribution in [0.25, 0.3) is 0 Å². The van der Waals surface area contributed by atoms with Crippen LogP contribution in [-0.2, 0) is 17.9 Å². The van der Waals surface area contributed by atoms with Gasteiger partial charge < -0.3 is 20.3 Å². The molecular formula is C24H33N5O2. The van der Waals surface area contributed by atoms with Crippen LogP contribution in [0, 0.1) is 5.92 Å². The van der Waals surface area contributed by atoms with E-state index in [2.05, 4.69) is 27.4 Å². The van der Waals surface area contributed by atoms with Gasteiger partial charge in [-0.2, -0.15) is 0 Å². The number of likely N-dealkylation sites (tertiary alicyclic amines) is 1. The lowest BCUT2D eigenvalue weighted by Crippen LogP contribution is -2.46. The maximum absolute atomic E-state index is 11.7. The Morgan fingerprint density at radius 3 is 2.68 bits per heavy atom. The first-order valence-corrected chi connectivity index (χ1v) is 11.0. The van der Waals surface area contributed by atoms with Gasteiger partial charge in [0.25, 0.3) is 0 Å². The number of aliphatic imine (C=N–C) groups is 1. The largest absolute Gasteiger partial charge is 0.473 e. The molecule has 0 unspecified atom stereocenters. The highest BCUT2D eigenvalue weighted by Crippen LogP contribution is 2.21. The first-order valence-electron chi connectivity index (χ1n) is 11.0. The Kier molecular flexibility index (Phi) is 8.70. The molecule has 166 valence electrons. The number of benzene rings is 1. The summed E-state index contributed by atoms with van der Waals surface area (Å²) in [5, 5.41) is 6.13. The predicted octanol–water partition coefficient (Wildman–Crippen LogP) is 2.97. The van der Waals surface area contributed by atoms with Crippen molar-refractivity contribution in [2.75, 3.05) is 26.7 Å². The van der Waals surface area contributed by atoms with Crippen molar-refractivity contribution in [3.63, 3.8) is 0 Å². The number of carbonyl (C=O) groups is 1. The molecule has 1 fully saturated rings. The summed E-state index contributed by atoms with van der Waals surface area (Å²) in [7, 11) is 1.70. The zero-order chi connectivity index (χ0) is 21.9. The Hall–Kier alpha value is -3.09. The summed E-state index contributed by atoms with van der Waals surface area (Å²) in [4.78, 5) is 23.2. The molecule has 31 heavy (non-hydrogen) atoms. The Morgan fingerprint density at radius 2 is 1.97 bits per heavy atom. The van der Waals surface area contributed by atoms with E-state index >= 15 is 0 Å². The zero-order valence-electron chi connectivity index (χ0n) is 18.5. The van der Waals surface area contributed by atoms with Crippen LogP contribution in [0.5, 0.6) is 5.88 Å². The van der Waals surface area contributed by atoms with E-state index in [0.717, 1.165) is 49.6 Å². The Morgan fingerprint density at radius 1 is 1.19 bits per heavy atom. The number of aromatic nitrogens is 1. The van der Waals surface area contributed by atoms with Gasteiger partial charge in [0.15, 0.2) is 5.96 Å². The number of hydrogen-bond donors (Lipinski definition) is 2. The standard InChI is InChI=1S/C24H33N5O2/c1-3-26-24(29-14-11-19(12-15-29)16-22(30)25-2)28-17-21-10-7-13-27-23(21)31-18-20-8-5-4-6-9-20/h4-10,13,19H,3,11-12,14-18H2,1-2H3,(H,25,30)(H,26,28). The lowest BCUT2D eigenvalue weighted by atomic mass is 9.93. The van der Waals surface area contributed by atoms with Crippen LogP contribution in [0.1, 0.15) is 37.3 Å². The van der Waals surface area contributed by atoms with Crippen molar-refractivity contribution in [2.45, 2.75) is 39.3 Å². The van der Waals surface area contributed by atoms with E-state index < -0.39 is 0 Å². The van der Waals surface area contributed by atoms with Crippen LogP contribution < -0.4 is 15.4 Å². The molecule has 1 amide bonds. The molecular weight excluding hydrogens is 390 g/mol. The van der Waals surface area contributed by atoms with Crippen molar-refractivity contribution in [3.05, 3.63) is 59.8 Å². The average Bonchev–Trinajstić information content (AvgIpc) is 2.82. The molecule has 1 aliphatic rings. The van der Waals surface area contributed by atoms with Gasteiger partial charge in [0.2, 0.25) is 11.8 Å². The summed E-state index contributed by atoms with van der Waals surface area (Å²) in [5.74, 6) is 2.09. The van der Waals surface area contributed by atoms with Gasteiger partial charge >= 0.3 is 0 Å². The molecule has 0 spiro atoms. The monoisotopic (exact) mass is 423 g/mol. The van der Waals surface area contributed by atoms with Gasteiger partial charge in [-0.3, -0.25) is 4.79 Å². The molecule has 2 heterocycles. The van der Waals surface area contributed by atoms with Gasteiger partial charge in [-0.25, -0.2) is 9.98 Å². The molecule has 2 aromatic rings. The number of carbonyl (C=O) groups excluding carboxylic acids is 1. The van der Waals surface area contributed by atoms with E-state index in [1.54, 1.807) is 13.2 Å². The average molecular weight is 424 g/mol. The maximum Gasteiger partial charge on any atom is 0.220 e. The lowest BCUT2D eigenvalue weighted by molar-refractivity contribution is -0.121. The van der Waals surface area contributed by atoms with E-state index in [1.807, 2.05) is 42.5 Å². The topological polar surface area (TPSA) is 78.9 Å². The molecule has 1 aromatic carbocycles. The van der Waals surface area contributed by atoms with Gasteiger partial charge in [0.05, 0.1) is 6.54 Å². The summed E-state index contributed by atoms with van der Waals surface area (Å²) in [6, 6.07) is 14.0. The van der Waals surface area contributed by atoms with Gasteiger partial charge in [0, 0.05) is 44.9 Å². The van der Waals surface area contributed by atoms with E-state index in [-0.39, 0.29) is 5.91 Å². The fourth-order valence-corrected chi connectivity index (χ4v) is 3.70. The molecule has 1 aromatic heterocycles. The highest BCUT2D eigenvalue weighted by molar-refractivity contribution is 5.80. The van der Waals surface area contributed by atoms with Crippen molar-refractivity contribution < 1.29 is 9.53 Å². The third-order valence-corrected chi connectivity index (χ3v) is 5.47. The van der Waals surface area contributed by atoms with E-state index in [1.165, 1.54) is 0 Å². The number of nitrogens with one attached hydrogen (secondary N) is 2. The second kappa shape index (κ2) is 11.9. The summed E-state index contributed by atoms with van der Waals surface area (Å²) in [5.41, 5.74) is 2.07. The molecule has 0 saturated carbocycles. The maximum atomic E-state index is 11.7. The molecule has 0 radical (unpaired) electrons. The van der Waals surface area contributed by atoms with Crippen LogP contribution in [0.4, 0.5) is 0 Å². The normalized spacial score (nSPS) is 14.9. The number of pyridine rings is 1. The number of ether oxygens (including phenoxy) is 1. The fourth-order valence-electron chi connectivity index (χ4n) is 3.70. The minimum Gasteiger partial charge on any atom is -0.473 e. The number of amides is 1. The third-order valence-electron chi connectivity index (χ3n) is 5.47. The summed E-state index contributed by atoms with van der Waals surface area (Å²) >= 11 is 0. The zero-order valence-corrected chi connectivity index (χ0v) is 18.5. The number of rotatable bonds is 8. The number of hydrogen-bond acceptors (Lipinski definition) is 4. The van der Waals surface area contributed by atoms with E-state index in [0.29, 0.717) is 31.4 Å².